The van der Waals surface area contributed by atoms with Crippen LogP contribution in [0.3, 0.4) is 0 Å². The van der Waals surface area contributed by atoms with E-state index in [2.05, 4.69) is 10.2 Å². The van der Waals surface area contributed by atoms with Crippen molar-refractivity contribution in [3.63, 3.8) is 0 Å². The van der Waals surface area contributed by atoms with Crippen molar-refractivity contribution in [2.75, 3.05) is 0 Å². The summed E-state index contributed by atoms with van der Waals surface area (Å²) in [6, 6.07) is 0. The molecule has 0 spiro atoms. The zero-order chi connectivity index (χ0) is 16.4. The third-order valence-electron chi connectivity index (χ3n) is 2.87. The Morgan fingerprint density at radius 1 is 1.29 bits per heavy atom. The Morgan fingerprint density at radius 3 is 2.29 bits per heavy atom. The molecule has 1 atom stereocenters. The lowest BCUT2D eigenvalue weighted by molar-refractivity contribution is 0.0288. The van der Waals surface area contributed by atoms with Crippen molar-refractivity contribution in [3.05, 3.63) is 11.4 Å². The van der Waals surface area contributed by atoms with Crippen LogP contribution >= 0.6 is 10.7 Å². The maximum Gasteiger partial charge on any atom is 0.360 e. The molecule has 6 nitrogen and oxygen atoms in total. The molecule has 0 aliphatic heterocycles. The van der Waals surface area contributed by atoms with E-state index in [-0.39, 0.29) is 22.6 Å². The molecular formula is C13H21ClN2O4S. The van der Waals surface area contributed by atoms with Gasteiger partial charge in [-0.05, 0) is 25.2 Å². The number of esters is 1. The van der Waals surface area contributed by atoms with Crippen LogP contribution in [0.1, 0.15) is 63.1 Å². The van der Waals surface area contributed by atoms with Crippen LogP contribution in [0.15, 0.2) is 4.90 Å². The monoisotopic (exact) mass is 336 g/mol. The lowest BCUT2D eigenvalue weighted by Crippen LogP contribution is -2.18. The third kappa shape index (κ3) is 4.71. The summed E-state index contributed by atoms with van der Waals surface area (Å²) in [6.07, 6.45) is 0.346. The van der Waals surface area contributed by atoms with E-state index in [4.69, 9.17) is 15.4 Å². The number of hydrogen-bond acceptors (Lipinski definition) is 5. The minimum absolute atomic E-state index is 0.171. The maximum atomic E-state index is 12.1. The quantitative estimate of drug-likeness (QED) is 0.637. The van der Waals surface area contributed by atoms with Gasteiger partial charge in [0.05, 0.1) is 11.8 Å². The van der Waals surface area contributed by atoms with Crippen molar-refractivity contribution in [2.45, 2.75) is 58.0 Å². The fourth-order valence-corrected chi connectivity index (χ4v) is 3.44. The molecule has 1 aromatic rings. The lowest BCUT2D eigenvalue weighted by atomic mass is 10.1. The van der Waals surface area contributed by atoms with E-state index in [1.807, 2.05) is 13.8 Å². The Kier molecular flexibility index (Phi) is 5.81. The molecule has 0 saturated carbocycles. The largest absolute Gasteiger partial charge is 0.458 e. The van der Waals surface area contributed by atoms with Crippen molar-refractivity contribution >= 4 is 25.7 Å². The first-order valence-electron chi connectivity index (χ1n) is 6.77. The highest BCUT2D eigenvalue weighted by atomic mass is 35.7. The number of aromatic amines is 1. The Labute approximate surface area is 129 Å². The van der Waals surface area contributed by atoms with Gasteiger partial charge in [0.15, 0.2) is 5.69 Å². The van der Waals surface area contributed by atoms with Gasteiger partial charge in [0.25, 0.3) is 9.05 Å². The smallest absolute Gasteiger partial charge is 0.360 e. The summed E-state index contributed by atoms with van der Waals surface area (Å²) in [6.45, 7) is 9.31. The third-order valence-corrected chi connectivity index (χ3v) is 4.24. The number of carbonyl (C=O) groups is 1. The first kappa shape index (κ1) is 18.0. The number of nitrogens with one attached hydrogen (secondary N) is 1. The zero-order valence-electron chi connectivity index (χ0n) is 12.8. The van der Waals surface area contributed by atoms with Gasteiger partial charge in [-0.15, -0.1) is 0 Å². The van der Waals surface area contributed by atoms with Crippen LogP contribution in [-0.4, -0.2) is 30.7 Å². The van der Waals surface area contributed by atoms with E-state index in [1.165, 1.54) is 0 Å². The standard InChI is InChI=1S/C13H21ClN2O4S/c1-7(2)6-9(5)20-13(17)11-12(21(14,18)19)10(8(3)4)15-16-11/h7-9H,6H2,1-5H3,(H,15,16). The Morgan fingerprint density at radius 2 is 1.86 bits per heavy atom. The minimum Gasteiger partial charge on any atom is -0.458 e. The highest BCUT2D eigenvalue weighted by Crippen LogP contribution is 2.28. The average molecular weight is 337 g/mol. The number of H-pyrrole nitrogens is 1. The molecule has 0 saturated heterocycles. The lowest BCUT2D eigenvalue weighted by Gasteiger charge is -2.14. The van der Waals surface area contributed by atoms with Gasteiger partial charge in [0, 0.05) is 10.7 Å². The van der Waals surface area contributed by atoms with Gasteiger partial charge in [0.1, 0.15) is 4.90 Å². The molecular weight excluding hydrogens is 316 g/mol. The van der Waals surface area contributed by atoms with Gasteiger partial charge >= 0.3 is 5.97 Å². The summed E-state index contributed by atoms with van der Waals surface area (Å²) in [4.78, 5) is 11.8. The zero-order valence-corrected chi connectivity index (χ0v) is 14.4. The van der Waals surface area contributed by atoms with Gasteiger partial charge in [0.2, 0.25) is 0 Å². The topological polar surface area (TPSA) is 89.1 Å². The molecule has 1 aromatic heterocycles. The molecule has 1 unspecified atom stereocenters. The first-order valence-corrected chi connectivity index (χ1v) is 9.08. The number of aromatic nitrogens is 2. The van der Waals surface area contributed by atoms with Crippen molar-refractivity contribution in [3.8, 4) is 0 Å². The van der Waals surface area contributed by atoms with E-state index in [0.29, 0.717) is 18.0 Å². The fourth-order valence-electron chi connectivity index (χ4n) is 2.07. The summed E-state index contributed by atoms with van der Waals surface area (Å²) in [5.41, 5.74) is 0.0118. The van der Waals surface area contributed by atoms with E-state index in [9.17, 15) is 13.2 Å². The molecule has 1 rings (SSSR count). The SMILES string of the molecule is CC(C)CC(C)OC(=O)c1n[nH]c(C(C)C)c1S(=O)(=O)Cl. The normalized spacial score (nSPS) is 13.7. The van der Waals surface area contributed by atoms with Gasteiger partial charge in [-0.2, -0.15) is 5.10 Å². The summed E-state index contributed by atoms with van der Waals surface area (Å²) < 4.78 is 28.6. The molecule has 0 fully saturated rings. The number of halogens is 1. The number of rotatable bonds is 6. The van der Waals surface area contributed by atoms with Crippen molar-refractivity contribution in [2.24, 2.45) is 5.92 Å². The van der Waals surface area contributed by atoms with E-state index in [1.54, 1.807) is 20.8 Å². The second-order valence-corrected chi connectivity index (χ2v) is 8.26. The molecule has 1 N–H and O–H groups in total. The van der Waals surface area contributed by atoms with Crippen LogP contribution in [-0.2, 0) is 13.8 Å². The molecule has 0 radical (unpaired) electrons. The van der Waals surface area contributed by atoms with Crippen LogP contribution < -0.4 is 0 Å². The molecule has 120 valence electrons. The Balaban J connectivity index is 3.11. The maximum absolute atomic E-state index is 12.1. The first-order chi connectivity index (χ1) is 9.54. The molecule has 1 heterocycles. The van der Waals surface area contributed by atoms with E-state index >= 15 is 0 Å². The molecule has 21 heavy (non-hydrogen) atoms. The predicted octanol–water partition coefficient (Wildman–Crippen LogP) is 3.05. The average Bonchev–Trinajstić information content (AvgIpc) is 2.71. The summed E-state index contributed by atoms with van der Waals surface area (Å²) in [5, 5.41) is 6.33. The van der Waals surface area contributed by atoms with Crippen molar-refractivity contribution < 1.29 is 17.9 Å². The number of carbonyl (C=O) groups excluding carboxylic acids is 1. The number of hydrogen-bond donors (Lipinski definition) is 1. The van der Waals surface area contributed by atoms with E-state index in [0.717, 1.165) is 0 Å². The summed E-state index contributed by atoms with van der Waals surface area (Å²) in [7, 11) is 1.33. The minimum atomic E-state index is -4.09. The highest BCUT2D eigenvalue weighted by Gasteiger charge is 2.31. The second kappa shape index (κ2) is 6.79. The Hall–Kier alpha value is -1.08. The molecule has 0 bridgehead atoms. The molecule has 0 aromatic carbocycles. The van der Waals surface area contributed by atoms with Gasteiger partial charge in [-0.1, -0.05) is 27.7 Å². The van der Waals surface area contributed by atoms with E-state index < -0.39 is 15.0 Å². The van der Waals surface area contributed by atoms with Crippen LogP contribution in [0.5, 0.6) is 0 Å². The second-order valence-electron chi connectivity index (χ2n) is 5.75. The Bertz CT molecular complexity index is 608. The van der Waals surface area contributed by atoms with Gasteiger partial charge in [-0.25, -0.2) is 13.2 Å². The van der Waals surface area contributed by atoms with Crippen LogP contribution in [0.4, 0.5) is 0 Å². The number of ether oxygens (including phenoxy) is 1. The van der Waals surface area contributed by atoms with Crippen LogP contribution in [0.25, 0.3) is 0 Å². The summed E-state index contributed by atoms with van der Waals surface area (Å²) in [5.74, 6) is -0.601. The van der Waals surface area contributed by atoms with Gasteiger partial charge < -0.3 is 4.74 Å². The number of nitrogens with zero attached hydrogens (tertiary/aromatic N) is 1. The molecule has 0 aliphatic rings. The fraction of sp³-hybridized carbons (Fsp3) is 0.692. The predicted molar refractivity (Wildman–Crippen MR) is 80.0 cm³/mol. The molecule has 0 aliphatic carbocycles. The molecule has 0 amide bonds. The summed E-state index contributed by atoms with van der Waals surface area (Å²) >= 11 is 0. The van der Waals surface area contributed by atoms with Gasteiger partial charge in [-0.3, -0.25) is 5.10 Å². The van der Waals surface area contributed by atoms with Crippen LogP contribution in [0.2, 0.25) is 0 Å². The van der Waals surface area contributed by atoms with Crippen molar-refractivity contribution in [1.82, 2.24) is 10.2 Å². The highest BCUT2D eigenvalue weighted by molar-refractivity contribution is 8.13. The van der Waals surface area contributed by atoms with Crippen LogP contribution in [0, 0.1) is 5.92 Å². The van der Waals surface area contributed by atoms with Crippen molar-refractivity contribution in [1.29, 1.82) is 0 Å². The molecule has 8 heteroatoms.